The Morgan fingerprint density at radius 1 is 1.10 bits per heavy atom. The molecule has 0 bridgehead atoms. The largest absolute Gasteiger partial charge is 0.450 e. The van der Waals surface area contributed by atoms with Gasteiger partial charge in [-0.2, -0.15) is 0 Å². The zero-order valence-electron chi connectivity index (χ0n) is 11.4. The van der Waals surface area contributed by atoms with Gasteiger partial charge in [-0.25, -0.2) is 4.79 Å². The molecule has 0 atom stereocenters. The first-order valence-electron chi connectivity index (χ1n) is 6.55. The first kappa shape index (κ1) is 16.5. The van der Waals surface area contributed by atoms with Gasteiger partial charge in [0.15, 0.2) is 0 Å². The number of amides is 2. The van der Waals surface area contributed by atoms with Crippen molar-refractivity contribution in [3.63, 3.8) is 0 Å². The van der Waals surface area contributed by atoms with E-state index >= 15 is 0 Å². The van der Waals surface area contributed by atoms with Crippen molar-refractivity contribution >= 4 is 39.3 Å². The maximum absolute atomic E-state index is 11.6. The summed E-state index contributed by atoms with van der Waals surface area (Å²) in [5.74, 6) is -0.00273. The molecule has 0 unspecified atom stereocenters. The highest BCUT2D eigenvalue weighted by molar-refractivity contribution is 9.09. The van der Waals surface area contributed by atoms with Crippen LogP contribution < -0.4 is 10.6 Å². The number of benzene rings is 1. The fraction of sp³-hybridized carbons (Fsp3) is 0.429. The molecule has 0 fully saturated rings. The molecule has 0 saturated heterocycles. The van der Waals surface area contributed by atoms with Crippen LogP contribution in [-0.2, 0) is 9.53 Å². The average Bonchev–Trinajstić information content (AvgIpc) is 2.41. The van der Waals surface area contributed by atoms with E-state index in [2.05, 4.69) is 26.6 Å². The minimum Gasteiger partial charge on any atom is -0.450 e. The Hall–Kier alpha value is -1.56. The number of ether oxygens (including phenoxy) is 1. The number of unbranched alkanes of at least 4 members (excludes halogenated alkanes) is 1. The van der Waals surface area contributed by atoms with Crippen molar-refractivity contribution in [3.05, 3.63) is 24.3 Å². The molecule has 1 aromatic rings. The lowest BCUT2D eigenvalue weighted by Crippen LogP contribution is -2.13. The van der Waals surface area contributed by atoms with Crippen LogP contribution in [0.25, 0.3) is 0 Å². The SMILES string of the molecule is CCOC(=O)Nc1ccc(NC(=O)CCCCBr)cc1. The molecule has 6 heteroatoms. The van der Waals surface area contributed by atoms with Gasteiger partial charge in [0, 0.05) is 23.1 Å². The molecule has 0 aliphatic heterocycles. The van der Waals surface area contributed by atoms with Crippen molar-refractivity contribution in [2.45, 2.75) is 26.2 Å². The zero-order valence-corrected chi connectivity index (χ0v) is 13.0. The average molecular weight is 343 g/mol. The number of carbonyl (C=O) groups is 2. The van der Waals surface area contributed by atoms with E-state index in [1.54, 1.807) is 31.2 Å². The molecule has 0 aromatic heterocycles. The molecule has 1 aromatic carbocycles. The van der Waals surface area contributed by atoms with E-state index in [1.807, 2.05) is 0 Å². The number of hydrogen-bond donors (Lipinski definition) is 2. The molecule has 1 rings (SSSR count). The van der Waals surface area contributed by atoms with Crippen LogP contribution >= 0.6 is 15.9 Å². The van der Waals surface area contributed by atoms with Gasteiger partial charge >= 0.3 is 6.09 Å². The first-order chi connectivity index (χ1) is 9.65. The predicted molar refractivity (Wildman–Crippen MR) is 83.4 cm³/mol. The van der Waals surface area contributed by atoms with Crippen LogP contribution in [0, 0.1) is 0 Å². The van der Waals surface area contributed by atoms with Crippen LogP contribution in [0.5, 0.6) is 0 Å². The van der Waals surface area contributed by atoms with E-state index in [9.17, 15) is 9.59 Å². The minimum absolute atomic E-state index is 0.00273. The molecule has 20 heavy (non-hydrogen) atoms. The number of halogens is 1. The minimum atomic E-state index is -0.487. The molecule has 0 aliphatic rings. The van der Waals surface area contributed by atoms with Crippen LogP contribution in [-0.4, -0.2) is 23.9 Å². The number of carbonyl (C=O) groups excluding carboxylic acids is 2. The zero-order chi connectivity index (χ0) is 14.8. The Bertz CT molecular complexity index is 435. The molecular weight excluding hydrogens is 324 g/mol. The summed E-state index contributed by atoms with van der Waals surface area (Å²) >= 11 is 3.33. The van der Waals surface area contributed by atoms with E-state index in [-0.39, 0.29) is 5.91 Å². The second-order valence-corrected chi connectivity index (χ2v) is 4.91. The first-order valence-corrected chi connectivity index (χ1v) is 7.67. The van der Waals surface area contributed by atoms with Crippen molar-refractivity contribution < 1.29 is 14.3 Å². The maximum atomic E-state index is 11.6. The van der Waals surface area contributed by atoms with Crippen LogP contribution in [0.15, 0.2) is 24.3 Å². The third-order valence-corrected chi connectivity index (χ3v) is 3.04. The van der Waals surface area contributed by atoms with Crippen LogP contribution in [0.4, 0.5) is 16.2 Å². The second-order valence-electron chi connectivity index (χ2n) is 4.12. The normalized spacial score (nSPS) is 9.90. The number of alkyl halides is 1. The molecule has 0 spiro atoms. The summed E-state index contributed by atoms with van der Waals surface area (Å²) in [4.78, 5) is 22.8. The van der Waals surface area contributed by atoms with Crippen LogP contribution in [0.3, 0.4) is 0 Å². The van der Waals surface area contributed by atoms with Crippen LogP contribution in [0.1, 0.15) is 26.2 Å². The Balaban J connectivity index is 2.42. The van der Waals surface area contributed by atoms with Gasteiger partial charge in [0.25, 0.3) is 0 Å². The molecule has 0 aliphatic carbocycles. The Morgan fingerprint density at radius 2 is 1.70 bits per heavy atom. The summed E-state index contributed by atoms with van der Waals surface area (Å²) in [6, 6.07) is 6.91. The van der Waals surface area contributed by atoms with Gasteiger partial charge in [-0.05, 0) is 44.0 Å². The third-order valence-electron chi connectivity index (χ3n) is 2.48. The lowest BCUT2D eigenvalue weighted by atomic mass is 10.2. The Kier molecular flexibility index (Phi) is 7.72. The van der Waals surface area contributed by atoms with Gasteiger partial charge in [-0.1, -0.05) is 15.9 Å². The highest BCUT2D eigenvalue weighted by Crippen LogP contribution is 2.14. The molecule has 5 nitrogen and oxygen atoms in total. The quantitative estimate of drug-likeness (QED) is 0.585. The second kappa shape index (κ2) is 9.36. The lowest BCUT2D eigenvalue weighted by molar-refractivity contribution is -0.116. The number of nitrogens with one attached hydrogen (secondary N) is 2. The molecule has 110 valence electrons. The summed E-state index contributed by atoms with van der Waals surface area (Å²) in [5, 5.41) is 6.31. The van der Waals surface area contributed by atoms with Gasteiger partial charge in [0.1, 0.15) is 0 Å². The van der Waals surface area contributed by atoms with Crippen molar-refractivity contribution in [2.75, 3.05) is 22.6 Å². The van der Waals surface area contributed by atoms with E-state index in [0.29, 0.717) is 24.4 Å². The number of anilines is 2. The van der Waals surface area contributed by atoms with Gasteiger partial charge in [-0.3, -0.25) is 10.1 Å². The Morgan fingerprint density at radius 3 is 2.25 bits per heavy atom. The van der Waals surface area contributed by atoms with E-state index in [0.717, 1.165) is 18.2 Å². The summed E-state index contributed by atoms with van der Waals surface area (Å²) in [7, 11) is 0. The van der Waals surface area contributed by atoms with E-state index in [4.69, 9.17) is 4.74 Å². The monoisotopic (exact) mass is 342 g/mol. The standard InChI is InChI=1S/C14H19BrN2O3/c1-2-20-14(19)17-12-8-6-11(7-9-12)16-13(18)5-3-4-10-15/h6-9H,2-5,10H2,1H3,(H,16,18)(H,17,19). The van der Waals surface area contributed by atoms with E-state index in [1.165, 1.54) is 0 Å². The van der Waals surface area contributed by atoms with Crippen molar-refractivity contribution in [1.82, 2.24) is 0 Å². The highest BCUT2D eigenvalue weighted by Gasteiger charge is 2.04. The topological polar surface area (TPSA) is 67.4 Å². The molecule has 2 N–H and O–H groups in total. The summed E-state index contributed by atoms with van der Waals surface area (Å²) < 4.78 is 4.77. The maximum Gasteiger partial charge on any atom is 0.411 e. The van der Waals surface area contributed by atoms with Crippen LogP contribution in [0.2, 0.25) is 0 Å². The van der Waals surface area contributed by atoms with Gasteiger partial charge in [0.05, 0.1) is 6.61 Å². The Labute approximate surface area is 127 Å². The molecule has 0 radical (unpaired) electrons. The fourth-order valence-electron chi connectivity index (χ4n) is 1.53. The molecular formula is C14H19BrN2O3. The van der Waals surface area contributed by atoms with E-state index < -0.39 is 6.09 Å². The third kappa shape index (κ3) is 6.56. The molecule has 0 saturated carbocycles. The van der Waals surface area contributed by atoms with Crippen molar-refractivity contribution in [3.8, 4) is 0 Å². The van der Waals surface area contributed by atoms with Crippen molar-refractivity contribution in [1.29, 1.82) is 0 Å². The van der Waals surface area contributed by atoms with Gasteiger partial charge < -0.3 is 10.1 Å². The smallest absolute Gasteiger partial charge is 0.411 e. The fourth-order valence-corrected chi connectivity index (χ4v) is 1.92. The van der Waals surface area contributed by atoms with Gasteiger partial charge in [0.2, 0.25) is 5.91 Å². The molecule has 0 heterocycles. The van der Waals surface area contributed by atoms with Gasteiger partial charge in [-0.15, -0.1) is 0 Å². The van der Waals surface area contributed by atoms with Crippen molar-refractivity contribution in [2.24, 2.45) is 0 Å². The predicted octanol–water partition coefficient (Wildman–Crippen LogP) is 3.76. The number of rotatable bonds is 7. The lowest BCUT2D eigenvalue weighted by Gasteiger charge is -2.07. The highest BCUT2D eigenvalue weighted by atomic mass is 79.9. The summed E-state index contributed by atoms with van der Waals surface area (Å²) in [6.45, 7) is 2.07. The summed E-state index contributed by atoms with van der Waals surface area (Å²) in [5.41, 5.74) is 1.34. The number of hydrogen-bond acceptors (Lipinski definition) is 3. The molecule has 2 amide bonds. The summed E-state index contributed by atoms with van der Waals surface area (Å²) in [6.07, 6.45) is 1.86.